The predicted molar refractivity (Wildman–Crippen MR) is 100 cm³/mol. The Morgan fingerprint density at radius 1 is 1.21 bits per heavy atom. The number of benzene rings is 1. The van der Waals surface area contributed by atoms with Gasteiger partial charge in [0.15, 0.2) is 4.34 Å². The number of nitrogens with one attached hydrogen (secondary N) is 1. The fraction of sp³-hybridized carbons (Fsp3) is 0.471. The van der Waals surface area contributed by atoms with E-state index in [4.69, 9.17) is 0 Å². The topological polar surface area (TPSA) is 58.1 Å². The van der Waals surface area contributed by atoms with Crippen molar-refractivity contribution in [2.24, 2.45) is 0 Å². The number of aromatic nitrogens is 2. The molecule has 0 radical (unpaired) electrons. The molecule has 1 aromatic carbocycles. The number of hydrogen-bond donors (Lipinski definition) is 1. The standard InChI is InChI=1S/C17H22N4OS2/c1-12-6-8-14(9-7-12)18-16-19-20-17(24-16)23-13(2)15(22)21-10-4-3-5-11-21/h6-9,13H,3-5,10-11H2,1-2H3,(H,18,19)/t13-/m1/s1. The van der Waals surface area contributed by atoms with Crippen molar-refractivity contribution in [3.63, 3.8) is 0 Å². The Kier molecular flexibility index (Phi) is 5.73. The summed E-state index contributed by atoms with van der Waals surface area (Å²) in [5.41, 5.74) is 2.21. The van der Waals surface area contributed by atoms with Crippen LogP contribution in [0.4, 0.5) is 10.8 Å². The SMILES string of the molecule is Cc1ccc(Nc2nnc(S[C@H](C)C(=O)N3CCCCC3)s2)cc1. The number of aryl methyl sites for hydroxylation is 1. The molecular weight excluding hydrogens is 340 g/mol. The molecule has 5 nitrogen and oxygen atoms in total. The minimum absolute atomic E-state index is 0.122. The van der Waals surface area contributed by atoms with Crippen LogP contribution in [0.3, 0.4) is 0 Å². The van der Waals surface area contributed by atoms with Crippen LogP contribution in [0.5, 0.6) is 0 Å². The first-order chi connectivity index (χ1) is 11.6. The lowest BCUT2D eigenvalue weighted by Gasteiger charge is -2.28. The maximum Gasteiger partial charge on any atom is 0.235 e. The van der Waals surface area contributed by atoms with Crippen LogP contribution in [0, 0.1) is 6.92 Å². The predicted octanol–water partition coefficient (Wildman–Crippen LogP) is 4.08. The number of carbonyl (C=O) groups excluding carboxylic acids is 1. The van der Waals surface area contributed by atoms with E-state index in [0.29, 0.717) is 0 Å². The van der Waals surface area contributed by atoms with Gasteiger partial charge in [-0.1, -0.05) is 40.8 Å². The van der Waals surface area contributed by atoms with E-state index in [1.807, 2.05) is 24.0 Å². The number of nitrogens with zero attached hydrogens (tertiary/aromatic N) is 3. The summed E-state index contributed by atoms with van der Waals surface area (Å²) in [5, 5.41) is 12.2. The van der Waals surface area contributed by atoms with Gasteiger partial charge in [-0.2, -0.15) is 0 Å². The first-order valence-electron chi connectivity index (χ1n) is 8.24. The molecule has 2 heterocycles. The summed E-state index contributed by atoms with van der Waals surface area (Å²) >= 11 is 2.98. The van der Waals surface area contributed by atoms with E-state index in [0.717, 1.165) is 41.1 Å². The average Bonchev–Trinajstić information content (AvgIpc) is 3.04. The normalized spacial score (nSPS) is 16.0. The molecule has 1 atom stereocenters. The molecule has 0 spiro atoms. The number of anilines is 2. The average molecular weight is 363 g/mol. The molecule has 0 saturated carbocycles. The van der Waals surface area contributed by atoms with Gasteiger partial charge >= 0.3 is 0 Å². The molecule has 2 aromatic rings. The van der Waals surface area contributed by atoms with E-state index >= 15 is 0 Å². The second-order valence-electron chi connectivity index (χ2n) is 6.01. The number of piperidine rings is 1. The van der Waals surface area contributed by atoms with Gasteiger partial charge in [0.1, 0.15) is 0 Å². The summed E-state index contributed by atoms with van der Waals surface area (Å²) in [6.45, 7) is 5.79. The van der Waals surface area contributed by atoms with E-state index in [1.54, 1.807) is 0 Å². The summed E-state index contributed by atoms with van der Waals surface area (Å²) in [6.07, 6.45) is 3.47. The fourth-order valence-corrected chi connectivity index (χ4v) is 4.64. The van der Waals surface area contributed by atoms with Crippen LogP contribution in [0.15, 0.2) is 28.6 Å². The lowest BCUT2D eigenvalue weighted by molar-refractivity contribution is -0.131. The van der Waals surface area contributed by atoms with Gasteiger partial charge in [-0.05, 0) is 45.2 Å². The largest absolute Gasteiger partial charge is 0.342 e. The summed E-state index contributed by atoms with van der Waals surface area (Å²) in [7, 11) is 0. The van der Waals surface area contributed by atoms with Crippen LogP contribution in [0.1, 0.15) is 31.7 Å². The highest BCUT2D eigenvalue weighted by atomic mass is 32.2. The Morgan fingerprint density at radius 3 is 2.62 bits per heavy atom. The maximum absolute atomic E-state index is 12.5. The third-order valence-electron chi connectivity index (χ3n) is 4.00. The smallest absolute Gasteiger partial charge is 0.235 e. The second-order valence-corrected chi connectivity index (χ2v) is 8.58. The van der Waals surface area contributed by atoms with Crippen LogP contribution in [-0.4, -0.2) is 39.3 Å². The lowest BCUT2D eigenvalue weighted by Crippen LogP contribution is -2.40. The summed E-state index contributed by atoms with van der Waals surface area (Å²) < 4.78 is 0.822. The molecule has 1 aliphatic heterocycles. The van der Waals surface area contributed by atoms with E-state index < -0.39 is 0 Å². The van der Waals surface area contributed by atoms with Gasteiger partial charge < -0.3 is 10.2 Å². The van der Waals surface area contributed by atoms with Gasteiger partial charge in [0.25, 0.3) is 0 Å². The molecule has 1 saturated heterocycles. The van der Waals surface area contributed by atoms with Crippen molar-refractivity contribution in [3.05, 3.63) is 29.8 Å². The third kappa shape index (κ3) is 4.48. The zero-order valence-electron chi connectivity index (χ0n) is 14.0. The molecule has 0 aliphatic carbocycles. The number of thioether (sulfide) groups is 1. The van der Waals surface area contributed by atoms with Crippen LogP contribution >= 0.6 is 23.1 Å². The summed E-state index contributed by atoms with van der Waals surface area (Å²) in [6, 6.07) is 8.15. The maximum atomic E-state index is 12.5. The molecule has 24 heavy (non-hydrogen) atoms. The van der Waals surface area contributed by atoms with E-state index in [2.05, 4.69) is 34.6 Å². The molecule has 1 aliphatic rings. The van der Waals surface area contributed by atoms with Crippen molar-refractivity contribution in [3.8, 4) is 0 Å². The van der Waals surface area contributed by atoms with E-state index in [1.165, 1.54) is 35.1 Å². The van der Waals surface area contributed by atoms with E-state index in [-0.39, 0.29) is 11.2 Å². The fourth-order valence-electron chi connectivity index (χ4n) is 2.64. The molecule has 7 heteroatoms. The molecule has 3 rings (SSSR count). The van der Waals surface area contributed by atoms with Crippen molar-refractivity contribution in [2.75, 3.05) is 18.4 Å². The molecule has 1 fully saturated rings. The monoisotopic (exact) mass is 362 g/mol. The highest BCUT2D eigenvalue weighted by Gasteiger charge is 2.24. The minimum atomic E-state index is -0.122. The van der Waals surface area contributed by atoms with Crippen LogP contribution in [0.2, 0.25) is 0 Å². The van der Waals surface area contributed by atoms with Crippen molar-refractivity contribution >= 4 is 39.8 Å². The number of amides is 1. The van der Waals surface area contributed by atoms with Crippen molar-refractivity contribution < 1.29 is 4.79 Å². The molecular formula is C17H22N4OS2. The summed E-state index contributed by atoms with van der Waals surface area (Å²) in [4.78, 5) is 14.5. The van der Waals surface area contributed by atoms with Gasteiger partial charge in [0, 0.05) is 18.8 Å². The minimum Gasteiger partial charge on any atom is -0.342 e. The van der Waals surface area contributed by atoms with Gasteiger partial charge in [0.2, 0.25) is 11.0 Å². The molecule has 1 amide bonds. The second kappa shape index (κ2) is 7.98. The quantitative estimate of drug-likeness (QED) is 0.812. The van der Waals surface area contributed by atoms with Crippen molar-refractivity contribution in [2.45, 2.75) is 42.7 Å². The lowest BCUT2D eigenvalue weighted by atomic mass is 10.1. The highest BCUT2D eigenvalue weighted by molar-refractivity contribution is 8.02. The van der Waals surface area contributed by atoms with Gasteiger partial charge in [0.05, 0.1) is 5.25 Å². The highest BCUT2D eigenvalue weighted by Crippen LogP contribution is 2.31. The van der Waals surface area contributed by atoms with Crippen LogP contribution in [0.25, 0.3) is 0 Å². The first kappa shape index (κ1) is 17.2. The van der Waals surface area contributed by atoms with E-state index in [9.17, 15) is 4.79 Å². The first-order valence-corrected chi connectivity index (χ1v) is 9.94. The number of carbonyl (C=O) groups is 1. The van der Waals surface area contributed by atoms with Crippen LogP contribution in [-0.2, 0) is 4.79 Å². The Balaban J connectivity index is 1.56. The van der Waals surface area contributed by atoms with Gasteiger partial charge in [-0.25, -0.2) is 0 Å². The van der Waals surface area contributed by atoms with Crippen molar-refractivity contribution in [1.29, 1.82) is 0 Å². The molecule has 128 valence electrons. The van der Waals surface area contributed by atoms with Crippen molar-refractivity contribution in [1.82, 2.24) is 15.1 Å². The van der Waals surface area contributed by atoms with Gasteiger partial charge in [-0.3, -0.25) is 4.79 Å². The molecule has 1 aromatic heterocycles. The Labute approximate surface area is 150 Å². The zero-order chi connectivity index (χ0) is 16.9. The number of hydrogen-bond acceptors (Lipinski definition) is 6. The molecule has 0 unspecified atom stereocenters. The Hall–Kier alpha value is -1.60. The zero-order valence-corrected chi connectivity index (χ0v) is 15.6. The summed E-state index contributed by atoms with van der Waals surface area (Å²) in [5.74, 6) is 0.211. The van der Waals surface area contributed by atoms with Gasteiger partial charge in [-0.15, -0.1) is 10.2 Å². The molecule has 1 N–H and O–H groups in total. The number of likely N-dealkylation sites (tertiary alicyclic amines) is 1. The Morgan fingerprint density at radius 2 is 1.92 bits per heavy atom. The number of rotatable bonds is 5. The Bertz CT molecular complexity index is 680. The third-order valence-corrected chi connectivity index (χ3v) is 6.01. The molecule has 0 bridgehead atoms. The van der Waals surface area contributed by atoms with Crippen LogP contribution < -0.4 is 5.32 Å².